The van der Waals surface area contributed by atoms with E-state index in [2.05, 4.69) is 19.2 Å². The fourth-order valence-electron chi connectivity index (χ4n) is 5.43. The van der Waals surface area contributed by atoms with Gasteiger partial charge in [0.1, 0.15) is 12.6 Å². The van der Waals surface area contributed by atoms with Crippen molar-refractivity contribution in [2.24, 2.45) is 0 Å². The van der Waals surface area contributed by atoms with Crippen LogP contribution in [0.1, 0.15) is 81.0 Å². The molecule has 1 aliphatic rings. The van der Waals surface area contributed by atoms with Gasteiger partial charge in [-0.05, 0) is 74.9 Å². The summed E-state index contributed by atoms with van der Waals surface area (Å²) in [7, 11) is -4.09. The molecule has 0 radical (unpaired) electrons. The molecule has 1 atom stereocenters. The molecule has 8 heteroatoms. The zero-order chi connectivity index (χ0) is 31.1. The molecule has 1 saturated carbocycles. The van der Waals surface area contributed by atoms with Gasteiger partial charge in [-0.1, -0.05) is 92.8 Å². The van der Waals surface area contributed by atoms with Crippen LogP contribution in [0.5, 0.6) is 0 Å². The molecule has 0 bridgehead atoms. The van der Waals surface area contributed by atoms with E-state index in [0.29, 0.717) is 5.69 Å². The minimum absolute atomic E-state index is 0.0953. The van der Waals surface area contributed by atoms with Gasteiger partial charge in [0.05, 0.1) is 10.6 Å². The monoisotopic (exact) mass is 603 g/mol. The number of benzene rings is 3. The van der Waals surface area contributed by atoms with Crippen LogP contribution in [-0.4, -0.2) is 43.8 Å². The van der Waals surface area contributed by atoms with Crippen LogP contribution in [0.4, 0.5) is 5.69 Å². The number of nitrogens with zero attached hydrogens (tertiary/aromatic N) is 2. The summed E-state index contributed by atoms with van der Waals surface area (Å²) >= 11 is 0. The molecule has 1 fully saturated rings. The summed E-state index contributed by atoms with van der Waals surface area (Å²) in [5.74, 6) is -0.400. The van der Waals surface area contributed by atoms with Gasteiger partial charge >= 0.3 is 0 Å². The fraction of sp³-hybridized carbons (Fsp3) is 0.429. The van der Waals surface area contributed by atoms with Crippen LogP contribution in [0.3, 0.4) is 0 Å². The maximum atomic E-state index is 14.2. The summed E-state index contributed by atoms with van der Waals surface area (Å²) in [6.07, 6.45) is 5.18. The van der Waals surface area contributed by atoms with Gasteiger partial charge in [-0.15, -0.1) is 0 Å². The van der Waals surface area contributed by atoms with Crippen molar-refractivity contribution in [3.63, 3.8) is 0 Å². The largest absolute Gasteiger partial charge is 0.352 e. The molecule has 43 heavy (non-hydrogen) atoms. The predicted molar refractivity (Wildman–Crippen MR) is 172 cm³/mol. The number of carbonyl (C=O) groups excluding carboxylic acids is 2. The quantitative estimate of drug-likeness (QED) is 0.272. The first-order valence-electron chi connectivity index (χ1n) is 15.3. The van der Waals surface area contributed by atoms with Gasteiger partial charge in [0.25, 0.3) is 10.0 Å². The van der Waals surface area contributed by atoms with Crippen LogP contribution in [0.25, 0.3) is 0 Å². The number of carbonyl (C=O) groups is 2. The molecule has 0 spiro atoms. The Morgan fingerprint density at radius 3 is 1.93 bits per heavy atom. The molecule has 3 aromatic rings. The minimum Gasteiger partial charge on any atom is -0.352 e. The highest BCUT2D eigenvalue weighted by Crippen LogP contribution is 2.27. The second-order valence-electron chi connectivity index (χ2n) is 12.1. The van der Waals surface area contributed by atoms with Crippen LogP contribution in [0.2, 0.25) is 0 Å². The van der Waals surface area contributed by atoms with Gasteiger partial charge in [0, 0.05) is 12.6 Å². The molecular formula is C35H45N3O4S. The van der Waals surface area contributed by atoms with Crippen molar-refractivity contribution in [3.05, 3.63) is 95.1 Å². The molecule has 3 aromatic carbocycles. The number of sulfonamides is 1. The highest BCUT2D eigenvalue weighted by molar-refractivity contribution is 7.92. The molecule has 0 saturated heterocycles. The molecule has 2 amide bonds. The van der Waals surface area contributed by atoms with Crippen LogP contribution >= 0.6 is 0 Å². The Morgan fingerprint density at radius 2 is 1.37 bits per heavy atom. The number of rotatable bonds is 11. The lowest BCUT2D eigenvalue weighted by molar-refractivity contribution is -0.139. The highest BCUT2D eigenvalue weighted by Gasteiger charge is 2.33. The van der Waals surface area contributed by atoms with Gasteiger partial charge in [-0.2, -0.15) is 0 Å². The van der Waals surface area contributed by atoms with Crippen molar-refractivity contribution in [2.45, 2.75) is 96.2 Å². The molecule has 230 valence electrons. The molecule has 0 aliphatic heterocycles. The smallest absolute Gasteiger partial charge is 0.264 e. The third-order valence-electron chi connectivity index (χ3n) is 8.33. The van der Waals surface area contributed by atoms with E-state index in [9.17, 15) is 18.0 Å². The maximum Gasteiger partial charge on any atom is 0.264 e. The molecule has 0 unspecified atom stereocenters. The average Bonchev–Trinajstić information content (AvgIpc) is 2.99. The van der Waals surface area contributed by atoms with E-state index >= 15 is 0 Å². The Kier molecular flexibility index (Phi) is 10.7. The first-order valence-corrected chi connectivity index (χ1v) is 16.7. The van der Waals surface area contributed by atoms with Gasteiger partial charge in [0.2, 0.25) is 11.8 Å². The summed E-state index contributed by atoms with van der Waals surface area (Å²) < 4.78 is 29.3. The predicted octanol–water partition coefficient (Wildman–Crippen LogP) is 6.49. The minimum atomic E-state index is -4.09. The highest BCUT2D eigenvalue weighted by atomic mass is 32.2. The van der Waals surface area contributed by atoms with E-state index in [1.165, 1.54) is 11.3 Å². The normalized spacial score (nSPS) is 14.7. The fourth-order valence-corrected chi connectivity index (χ4v) is 6.85. The Morgan fingerprint density at radius 1 is 0.814 bits per heavy atom. The zero-order valence-electron chi connectivity index (χ0n) is 26.0. The van der Waals surface area contributed by atoms with Crippen molar-refractivity contribution < 1.29 is 18.0 Å². The summed E-state index contributed by atoms with van der Waals surface area (Å²) in [4.78, 5) is 29.3. The molecule has 7 nitrogen and oxygen atoms in total. The van der Waals surface area contributed by atoms with E-state index in [-0.39, 0.29) is 29.3 Å². The first-order chi connectivity index (χ1) is 20.5. The van der Waals surface area contributed by atoms with Gasteiger partial charge in [0.15, 0.2) is 0 Å². The van der Waals surface area contributed by atoms with Crippen LogP contribution in [0.15, 0.2) is 77.7 Å². The van der Waals surface area contributed by atoms with Crippen molar-refractivity contribution in [1.82, 2.24) is 10.2 Å². The van der Waals surface area contributed by atoms with Crippen molar-refractivity contribution in [1.29, 1.82) is 0 Å². The first kappa shape index (κ1) is 32.3. The second kappa shape index (κ2) is 14.2. The Labute approximate surface area is 257 Å². The Bertz CT molecular complexity index is 1480. The third-order valence-corrected chi connectivity index (χ3v) is 10.1. The number of aryl methyl sites for hydroxylation is 2. The lowest BCUT2D eigenvalue weighted by atomic mass is 9.95. The van der Waals surface area contributed by atoms with Crippen LogP contribution < -0.4 is 9.62 Å². The second-order valence-corrected chi connectivity index (χ2v) is 14.0. The number of hydrogen-bond acceptors (Lipinski definition) is 4. The molecular weight excluding hydrogens is 558 g/mol. The standard InChI is InChI=1S/C35H45N3O4S/c1-25(2)30-17-19-32(20-18-30)38(43(41,42)33-21-13-27(4)14-22-33)24-34(39)37(23-29-15-11-26(3)12-16-29)28(5)35(40)36-31-9-7-6-8-10-31/h11-22,25,28,31H,6-10,23-24H2,1-5H3,(H,36,40)/t28-/m0/s1. The molecule has 0 heterocycles. The number of nitrogens with one attached hydrogen (secondary N) is 1. The number of anilines is 1. The van der Waals surface area contributed by atoms with Gasteiger partial charge < -0.3 is 10.2 Å². The number of hydrogen-bond donors (Lipinski definition) is 1. The van der Waals surface area contributed by atoms with E-state index in [4.69, 9.17) is 0 Å². The summed E-state index contributed by atoms with van der Waals surface area (Å²) in [5.41, 5.74) is 4.35. The molecule has 1 aliphatic carbocycles. The SMILES string of the molecule is Cc1ccc(CN(C(=O)CN(c2ccc(C(C)C)cc2)S(=O)(=O)c2ccc(C)cc2)[C@@H](C)C(=O)NC2CCCCC2)cc1. The van der Waals surface area contributed by atoms with E-state index < -0.39 is 28.5 Å². The van der Waals surface area contributed by atoms with Crippen LogP contribution in [0, 0.1) is 13.8 Å². The van der Waals surface area contributed by atoms with E-state index in [1.807, 2.05) is 50.2 Å². The molecule has 0 aromatic heterocycles. The Hall–Kier alpha value is -3.65. The molecule has 1 N–H and O–H groups in total. The topological polar surface area (TPSA) is 86.8 Å². The molecule has 4 rings (SSSR count). The van der Waals surface area contributed by atoms with Crippen molar-refractivity contribution >= 4 is 27.5 Å². The summed E-state index contributed by atoms with van der Waals surface area (Å²) in [5, 5.41) is 3.15. The lowest BCUT2D eigenvalue weighted by Crippen LogP contribution is -2.53. The van der Waals surface area contributed by atoms with Crippen molar-refractivity contribution in [3.8, 4) is 0 Å². The zero-order valence-corrected chi connectivity index (χ0v) is 26.9. The van der Waals surface area contributed by atoms with Crippen LogP contribution in [-0.2, 0) is 26.2 Å². The van der Waals surface area contributed by atoms with E-state index in [0.717, 1.165) is 52.2 Å². The van der Waals surface area contributed by atoms with E-state index in [1.54, 1.807) is 43.3 Å². The summed E-state index contributed by atoms with van der Waals surface area (Å²) in [6, 6.07) is 21.0. The number of amides is 2. The van der Waals surface area contributed by atoms with Gasteiger partial charge in [-0.3, -0.25) is 13.9 Å². The third kappa shape index (κ3) is 8.25. The van der Waals surface area contributed by atoms with Crippen molar-refractivity contribution in [2.75, 3.05) is 10.8 Å². The lowest BCUT2D eigenvalue weighted by Gasteiger charge is -2.33. The van der Waals surface area contributed by atoms with Gasteiger partial charge in [-0.25, -0.2) is 8.42 Å². The average molecular weight is 604 g/mol. The Balaban J connectivity index is 1.68. The summed E-state index contributed by atoms with van der Waals surface area (Å²) in [6.45, 7) is 9.49. The maximum absolute atomic E-state index is 14.2.